The Kier molecular flexibility index (Phi) is 4.96. The van der Waals surface area contributed by atoms with Crippen LogP contribution in [0.25, 0.3) is 0 Å². The van der Waals surface area contributed by atoms with E-state index in [9.17, 15) is 4.79 Å². The Labute approximate surface area is 131 Å². The van der Waals surface area contributed by atoms with Gasteiger partial charge in [0.05, 0.1) is 11.6 Å². The van der Waals surface area contributed by atoms with E-state index in [4.69, 9.17) is 10.00 Å². The molecule has 2 aromatic rings. The van der Waals surface area contributed by atoms with Crippen LogP contribution in [0.1, 0.15) is 12.5 Å². The molecule has 0 heterocycles. The Balaban J connectivity index is 1.99. The molecular formula is C16H13BrN2O2. The number of carbonyl (C=O) groups is 1. The van der Waals surface area contributed by atoms with Crippen molar-refractivity contribution in [2.75, 3.05) is 5.32 Å². The Hall–Kier alpha value is -2.32. The Morgan fingerprint density at radius 1 is 1.29 bits per heavy atom. The van der Waals surface area contributed by atoms with Crippen LogP contribution >= 0.6 is 15.9 Å². The summed E-state index contributed by atoms with van der Waals surface area (Å²) in [7, 11) is 0. The van der Waals surface area contributed by atoms with E-state index in [0.29, 0.717) is 17.0 Å². The smallest absolute Gasteiger partial charge is 0.265 e. The highest BCUT2D eigenvalue weighted by molar-refractivity contribution is 9.10. The number of carbonyl (C=O) groups excluding carboxylic acids is 1. The maximum atomic E-state index is 12.1. The molecule has 5 heteroatoms. The minimum atomic E-state index is -0.642. The van der Waals surface area contributed by atoms with E-state index in [1.807, 2.05) is 18.2 Å². The quantitative estimate of drug-likeness (QED) is 0.919. The Bertz CT molecular complexity index is 677. The first-order valence-electron chi connectivity index (χ1n) is 6.32. The van der Waals surface area contributed by atoms with Gasteiger partial charge in [0.2, 0.25) is 0 Å². The van der Waals surface area contributed by atoms with Crippen LogP contribution in [0.5, 0.6) is 5.75 Å². The largest absolute Gasteiger partial charge is 0.481 e. The highest BCUT2D eigenvalue weighted by atomic mass is 79.9. The molecule has 1 amide bonds. The van der Waals surface area contributed by atoms with Crippen LogP contribution in [0.2, 0.25) is 0 Å². The predicted octanol–water partition coefficient (Wildman–Crippen LogP) is 3.73. The molecule has 0 saturated carbocycles. The van der Waals surface area contributed by atoms with E-state index in [1.54, 1.807) is 43.3 Å². The van der Waals surface area contributed by atoms with E-state index >= 15 is 0 Å². The van der Waals surface area contributed by atoms with Gasteiger partial charge in [-0.1, -0.05) is 22.0 Å². The van der Waals surface area contributed by atoms with Crippen LogP contribution in [0.3, 0.4) is 0 Å². The SMILES string of the molecule is C[C@@H](Oc1ccc(Br)cc1)C(=O)Nc1cccc(C#N)c1. The van der Waals surface area contributed by atoms with E-state index in [1.165, 1.54) is 0 Å². The Morgan fingerprint density at radius 3 is 2.67 bits per heavy atom. The summed E-state index contributed by atoms with van der Waals surface area (Å²) in [4.78, 5) is 12.1. The fourth-order valence-electron chi connectivity index (χ4n) is 1.68. The van der Waals surface area contributed by atoms with Crippen molar-refractivity contribution >= 4 is 27.5 Å². The summed E-state index contributed by atoms with van der Waals surface area (Å²) in [6.07, 6.45) is -0.642. The average Bonchev–Trinajstić information content (AvgIpc) is 2.49. The molecule has 0 aromatic heterocycles. The first-order valence-corrected chi connectivity index (χ1v) is 7.11. The fraction of sp³-hybridized carbons (Fsp3) is 0.125. The molecule has 0 bridgehead atoms. The van der Waals surface area contributed by atoms with Crippen molar-refractivity contribution < 1.29 is 9.53 Å². The summed E-state index contributed by atoms with van der Waals surface area (Å²) in [5.74, 6) is 0.347. The predicted molar refractivity (Wildman–Crippen MR) is 84.0 cm³/mol. The topological polar surface area (TPSA) is 62.1 Å². The first kappa shape index (κ1) is 15.1. The molecule has 2 aromatic carbocycles. The number of ether oxygens (including phenoxy) is 1. The molecule has 106 valence electrons. The van der Waals surface area contributed by atoms with Gasteiger partial charge in [0.15, 0.2) is 6.10 Å². The lowest BCUT2D eigenvalue weighted by Crippen LogP contribution is -2.30. The molecule has 0 aliphatic rings. The molecule has 0 spiro atoms. The summed E-state index contributed by atoms with van der Waals surface area (Å²) >= 11 is 3.34. The molecule has 0 unspecified atom stereocenters. The summed E-state index contributed by atoms with van der Waals surface area (Å²) in [5, 5.41) is 11.6. The first-order chi connectivity index (χ1) is 10.1. The van der Waals surface area contributed by atoms with Crippen molar-refractivity contribution in [2.24, 2.45) is 0 Å². The molecular weight excluding hydrogens is 332 g/mol. The van der Waals surface area contributed by atoms with E-state index in [2.05, 4.69) is 21.2 Å². The number of halogens is 1. The van der Waals surface area contributed by atoms with Crippen molar-refractivity contribution in [3.8, 4) is 11.8 Å². The number of anilines is 1. The summed E-state index contributed by atoms with van der Waals surface area (Å²) in [6.45, 7) is 1.67. The number of benzene rings is 2. The highest BCUT2D eigenvalue weighted by Crippen LogP contribution is 2.18. The summed E-state index contributed by atoms with van der Waals surface area (Å²) in [5.41, 5.74) is 1.07. The van der Waals surface area contributed by atoms with E-state index < -0.39 is 6.10 Å². The third-order valence-electron chi connectivity index (χ3n) is 2.75. The number of hydrogen-bond donors (Lipinski definition) is 1. The zero-order chi connectivity index (χ0) is 15.2. The lowest BCUT2D eigenvalue weighted by molar-refractivity contribution is -0.122. The number of hydrogen-bond acceptors (Lipinski definition) is 3. The van der Waals surface area contributed by atoms with Gasteiger partial charge in [0.25, 0.3) is 5.91 Å². The number of rotatable bonds is 4. The molecule has 21 heavy (non-hydrogen) atoms. The lowest BCUT2D eigenvalue weighted by Gasteiger charge is -2.14. The van der Waals surface area contributed by atoms with Crippen molar-refractivity contribution in [2.45, 2.75) is 13.0 Å². The van der Waals surface area contributed by atoms with Crippen molar-refractivity contribution in [3.05, 3.63) is 58.6 Å². The van der Waals surface area contributed by atoms with Crippen LogP contribution in [0, 0.1) is 11.3 Å². The van der Waals surface area contributed by atoms with Crippen LogP contribution in [0.15, 0.2) is 53.0 Å². The maximum absolute atomic E-state index is 12.1. The molecule has 1 atom stereocenters. The van der Waals surface area contributed by atoms with Crippen LogP contribution in [-0.2, 0) is 4.79 Å². The van der Waals surface area contributed by atoms with Gasteiger partial charge in [-0.3, -0.25) is 4.79 Å². The minimum absolute atomic E-state index is 0.270. The molecule has 0 aliphatic heterocycles. The normalized spacial score (nSPS) is 11.3. The van der Waals surface area contributed by atoms with Crippen LogP contribution < -0.4 is 10.1 Å². The Morgan fingerprint density at radius 2 is 2.00 bits per heavy atom. The second kappa shape index (κ2) is 6.91. The molecule has 4 nitrogen and oxygen atoms in total. The zero-order valence-corrected chi connectivity index (χ0v) is 12.9. The van der Waals surface area contributed by atoms with E-state index in [0.717, 1.165) is 4.47 Å². The fourth-order valence-corrected chi connectivity index (χ4v) is 1.95. The van der Waals surface area contributed by atoms with Gasteiger partial charge in [-0.2, -0.15) is 5.26 Å². The lowest BCUT2D eigenvalue weighted by atomic mass is 10.2. The number of nitrogens with zero attached hydrogens (tertiary/aromatic N) is 1. The van der Waals surface area contributed by atoms with Gasteiger partial charge in [-0.05, 0) is 49.4 Å². The standard InChI is InChI=1S/C16H13BrN2O2/c1-11(21-15-7-5-13(17)6-8-15)16(20)19-14-4-2-3-12(9-14)10-18/h2-9,11H,1H3,(H,19,20)/t11-/m1/s1. The van der Waals surface area contributed by atoms with Gasteiger partial charge < -0.3 is 10.1 Å². The average molecular weight is 345 g/mol. The van der Waals surface area contributed by atoms with Gasteiger partial charge in [0.1, 0.15) is 5.75 Å². The minimum Gasteiger partial charge on any atom is -0.481 e. The molecule has 0 fully saturated rings. The number of amides is 1. The van der Waals surface area contributed by atoms with Crippen molar-refractivity contribution in [1.82, 2.24) is 0 Å². The van der Waals surface area contributed by atoms with Gasteiger partial charge in [-0.15, -0.1) is 0 Å². The zero-order valence-electron chi connectivity index (χ0n) is 11.3. The van der Waals surface area contributed by atoms with Crippen molar-refractivity contribution in [1.29, 1.82) is 5.26 Å². The number of nitrogens with one attached hydrogen (secondary N) is 1. The van der Waals surface area contributed by atoms with Crippen LogP contribution in [0.4, 0.5) is 5.69 Å². The third-order valence-corrected chi connectivity index (χ3v) is 3.28. The molecule has 2 rings (SSSR count). The van der Waals surface area contributed by atoms with Gasteiger partial charge >= 0.3 is 0 Å². The maximum Gasteiger partial charge on any atom is 0.265 e. The molecule has 1 N–H and O–H groups in total. The summed E-state index contributed by atoms with van der Waals surface area (Å²) < 4.78 is 6.51. The molecule has 0 aliphatic carbocycles. The molecule has 0 saturated heterocycles. The van der Waals surface area contributed by atoms with E-state index in [-0.39, 0.29) is 5.91 Å². The third kappa shape index (κ3) is 4.33. The number of nitriles is 1. The highest BCUT2D eigenvalue weighted by Gasteiger charge is 2.15. The molecule has 0 radical (unpaired) electrons. The van der Waals surface area contributed by atoms with Crippen molar-refractivity contribution in [3.63, 3.8) is 0 Å². The van der Waals surface area contributed by atoms with Gasteiger partial charge in [0, 0.05) is 10.2 Å². The second-order valence-electron chi connectivity index (χ2n) is 4.40. The second-order valence-corrected chi connectivity index (χ2v) is 5.31. The summed E-state index contributed by atoms with van der Waals surface area (Å²) in [6, 6.07) is 16.0. The van der Waals surface area contributed by atoms with Gasteiger partial charge in [-0.25, -0.2) is 0 Å². The van der Waals surface area contributed by atoms with Crippen LogP contribution in [-0.4, -0.2) is 12.0 Å². The monoisotopic (exact) mass is 344 g/mol.